The van der Waals surface area contributed by atoms with Crippen molar-refractivity contribution in [3.8, 4) is 0 Å². The predicted molar refractivity (Wildman–Crippen MR) is 221 cm³/mol. The van der Waals surface area contributed by atoms with Gasteiger partial charge in [-0.3, -0.25) is 0 Å². The van der Waals surface area contributed by atoms with Crippen molar-refractivity contribution in [3.63, 3.8) is 0 Å². The van der Waals surface area contributed by atoms with Gasteiger partial charge in [0.1, 0.15) is 0 Å². The zero-order valence-corrected chi connectivity index (χ0v) is 37.0. The summed E-state index contributed by atoms with van der Waals surface area (Å²) in [5.41, 5.74) is 0. The first-order chi connectivity index (χ1) is 26.7. The summed E-state index contributed by atoms with van der Waals surface area (Å²) in [5.74, 6) is 0. The average molecular weight is 819 g/mol. The lowest BCUT2D eigenvalue weighted by Gasteiger charge is -2.15. The fourth-order valence-electron chi connectivity index (χ4n) is 4.50. The number of rotatable bonds is 39. The van der Waals surface area contributed by atoms with Crippen molar-refractivity contribution in [2.75, 3.05) is 92.5 Å². The van der Waals surface area contributed by atoms with E-state index in [1.165, 1.54) is 0 Å². The Labute approximate surface area is 341 Å². The van der Waals surface area contributed by atoms with Gasteiger partial charge in [0.15, 0.2) is 0 Å². The van der Waals surface area contributed by atoms with E-state index >= 15 is 0 Å². The second kappa shape index (κ2) is 47.1. The Morgan fingerprint density at radius 2 is 0.429 bits per heavy atom. The van der Waals surface area contributed by atoms with Crippen LogP contribution in [0.1, 0.15) is 132 Å². The largest absolute Gasteiger partial charge is 0.391 e. The number of aliphatic hydroxyl groups excluding tert-OH is 6. The summed E-state index contributed by atoms with van der Waals surface area (Å²) in [6.07, 6.45) is 10.7. The van der Waals surface area contributed by atoms with E-state index in [9.17, 15) is 0 Å². The molecule has 0 rings (SSSR count). The fraction of sp³-hybridized carbons (Fsp3) is 1.00. The lowest BCUT2D eigenvalue weighted by molar-refractivity contribution is -0.0381. The molecule has 0 radical (unpaired) electrons. The highest BCUT2D eigenvalue weighted by molar-refractivity contribution is 4.53. The lowest BCUT2D eigenvalue weighted by atomic mass is 10.2. The molecule has 0 aromatic rings. The number of ether oxygens (including phenoxy) is 8. The van der Waals surface area contributed by atoms with E-state index in [2.05, 4.69) is 0 Å². The van der Waals surface area contributed by atoms with E-state index in [0.29, 0.717) is 52.9 Å². The van der Waals surface area contributed by atoms with Crippen LogP contribution in [-0.2, 0) is 37.9 Å². The quantitative estimate of drug-likeness (QED) is 0.0462. The van der Waals surface area contributed by atoms with Gasteiger partial charge in [-0.05, 0) is 93.9 Å². The van der Waals surface area contributed by atoms with Crippen LogP contribution in [0.5, 0.6) is 0 Å². The third kappa shape index (κ3) is 62.6. The highest BCUT2D eigenvalue weighted by Gasteiger charge is 2.06. The Bertz CT molecular complexity index is 623. The molecule has 6 N–H and O–H groups in total. The van der Waals surface area contributed by atoms with Gasteiger partial charge < -0.3 is 68.5 Å². The van der Waals surface area contributed by atoms with Gasteiger partial charge in [0.2, 0.25) is 0 Å². The van der Waals surface area contributed by atoms with Crippen LogP contribution in [0.2, 0.25) is 0 Å². The summed E-state index contributed by atoms with van der Waals surface area (Å²) < 4.78 is 42.9. The average Bonchev–Trinajstić information content (AvgIpc) is 3.12. The summed E-state index contributed by atoms with van der Waals surface area (Å²) >= 11 is 0. The highest BCUT2D eigenvalue weighted by Crippen LogP contribution is 2.04. The molecular formula is C42H90O14. The SMILES string of the molecule is C[C@@H](O)COCCCCCCOC[C@@H](C)O.C[C@@H](O)CO[C@@H](C)COCCCCCCOC[C@H](C)OC[C@@H](C)O.C[C@H](O)COCCCCCCOC[C@H](C)O. The van der Waals surface area contributed by atoms with Crippen LogP contribution < -0.4 is 0 Å². The monoisotopic (exact) mass is 819 g/mol. The van der Waals surface area contributed by atoms with Crippen molar-refractivity contribution in [2.24, 2.45) is 0 Å². The molecule has 0 bridgehead atoms. The van der Waals surface area contributed by atoms with Gasteiger partial charge in [-0.1, -0.05) is 38.5 Å². The van der Waals surface area contributed by atoms with Gasteiger partial charge in [-0.25, -0.2) is 0 Å². The molecule has 14 heteroatoms. The first-order valence-electron chi connectivity index (χ1n) is 21.4. The molecule has 0 aromatic heterocycles. The van der Waals surface area contributed by atoms with Crippen LogP contribution >= 0.6 is 0 Å². The molecule has 0 fully saturated rings. The molecule has 14 nitrogen and oxygen atoms in total. The summed E-state index contributed by atoms with van der Waals surface area (Å²) in [6.45, 7) is 22.1. The van der Waals surface area contributed by atoms with Crippen LogP contribution in [0, 0.1) is 0 Å². The fourth-order valence-corrected chi connectivity index (χ4v) is 4.50. The van der Waals surface area contributed by atoms with E-state index in [4.69, 9.17) is 68.5 Å². The summed E-state index contributed by atoms with van der Waals surface area (Å²) in [7, 11) is 0. The van der Waals surface area contributed by atoms with Crippen molar-refractivity contribution >= 4 is 0 Å². The van der Waals surface area contributed by atoms with Gasteiger partial charge in [-0.2, -0.15) is 0 Å². The predicted octanol–water partition coefficient (Wildman–Crippen LogP) is 4.84. The Kier molecular flexibility index (Phi) is 50.3. The Morgan fingerprint density at radius 1 is 0.250 bits per heavy atom. The summed E-state index contributed by atoms with van der Waals surface area (Å²) in [4.78, 5) is 0. The molecule has 0 unspecified atom stereocenters. The Morgan fingerprint density at radius 3 is 0.607 bits per heavy atom. The van der Waals surface area contributed by atoms with E-state index in [0.717, 1.165) is 117 Å². The van der Waals surface area contributed by atoms with Crippen molar-refractivity contribution in [3.05, 3.63) is 0 Å². The number of unbranched alkanes of at least 4 members (excludes halogenated alkanes) is 9. The minimum Gasteiger partial charge on any atom is -0.391 e. The Balaban J connectivity index is -0.000000778. The molecule has 0 aliphatic heterocycles. The maximum absolute atomic E-state index is 9.12. The second-order valence-corrected chi connectivity index (χ2v) is 15.1. The molecular weight excluding hydrogens is 728 g/mol. The maximum Gasteiger partial charge on any atom is 0.0781 e. The van der Waals surface area contributed by atoms with Gasteiger partial charge in [0, 0.05) is 39.6 Å². The smallest absolute Gasteiger partial charge is 0.0781 e. The number of aliphatic hydroxyl groups is 6. The van der Waals surface area contributed by atoms with Crippen LogP contribution in [0.25, 0.3) is 0 Å². The molecule has 0 aliphatic rings. The van der Waals surface area contributed by atoms with Crippen molar-refractivity contribution in [1.82, 2.24) is 0 Å². The maximum atomic E-state index is 9.12. The van der Waals surface area contributed by atoms with Crippen LogP contribution in [0.15, 0.2) is 0 Å². The molecule has 0 amide bonds. The van der Waals surface area contributed by atoms with Gasteiger partial charge in [-0.15, -0.1) is 0 Å². The van der Waals surface area contributed by atoms with Crippen LogP contribution in [-0.4, -0.2) is 172 Å². The molecule has 0 heterocycles. The lowest BCUT2D eigenvalue weighted by Crippen LogP contribution is -2.21. The van der Waals surface area contributed by atoms with Crippen molar-refractivity contribution in [1.29, 1.82) is 0 Å². The Hall–Kier alpha value is -0.560. The van der Waals surface area contributed by atoms with E-state index < -0.39 is 12.2 Å². The van der Waals surface area contributed by atoms with Crippen molar-refractivity contribution < 1.29 is 68.5 Å². The standard InChI is InChI=1S/C18H38O6.2C12H26O4/c1-15(19)11-23-17(3)13-21-9-7-5-6-8-10-22-14-18(4)24-12-16(2)20;2*1-11(13)9-15-7-5-3-4-6-8-16-10-12(2)14/h15-20H,5-14H2,1-4H3;2*11-14H,3-10H2,1-2H3/t15-,16-,17+,18+;2*11-,12-/m110/s1. The topological polar surface area (TPSA) is 195 Å². The normalized spacial score (nSPS) is 15.8. The molecule has 8 atom stereocenters. The zero-order chi connectivity index (χ0) is 42.7. The first-order valence-corrected chi connectivity index (χ1v) is 21.4. The van der Waals surface area contributed by atoms with Gasteiger partial charge in [0.25, 0.3) is 0 Å². The summed E-state index contributed by atoms with van der Waals surface area (Å²) in [5, 5.41) is 54.0. The van der Waals surface area contributed by atoms with Crippen LogP contribution in [0.3, 0.4) is 0 Å². The molecule has 0 saturated carbocycles. The van der Waals surface area contributed by atoms with E-state index in [1.807, 2.05) is 13.8 Å². The number of hydrogen-bond donors (Lipinski definition) is 6. The molecule has 56 heavy (non-hydrogen) atoms. The molecule has 0 saturated heterocycles. The molecule has 0 aromatic carbocycles. The molecule has 342 valence electrons. The molecule has 0 aliphatic carbocycles. The van der Waals surface area contributed by atoms with Gasteiger partial charge in [0.05, 0.1) is 102 Å². The minimum absolute atomic E-state index is 0.0195. The first kappa shape index (κ1) is 59.7. The zero-order valence-electron chi connectivity index (χ0n) is 37.0. The number of hydrogen-bond acceptors (Lipinski definition) is 14. The molecule has 0 spiro atoms. The third-order valence-electron chi connectivity index (χ3n) is 7.37. The third-order valence-corrected chi connectivity index (χ3v) is 7.37. The van der Waals surface area contributed by atoms with E-state index in [1.54, 1.807) is 41.5 Å². The van der Waals surface area contributed by atoms with Gasteiger partial charge >= 0.3 is 0 Å². The summed E-state index contributed by atoms with van der Waals surface area (Å²) in [6, 6.07) is 0. The highest BCUT2D eigenvalue weighted by atomic mass is 16.5. The van der Waals surface area contributed by atoms with Crippen LogP contribution in [0.4, 0.5) is 0 Å². The van der Waals surface area contributed by atoms with E-state index in [-0.39, 0.29) is 36.6 Å². The second-order valence-electron chi connectivity index (χ2n) is 15.1. The van der Waals surface area contributed by atoms with Crippen molar-refractivity contribution in [2.45, 2.75) is 181 Å². The minimum atomic E-state index is -0.428.